The summed E-state index contributed by atoms with van der Waals surface area (Å²) >= 11 is 1.86. The largest absolute Gasteiger partial charge is 0.310 e. The van der Waals surface area contributed by atoms with Crippen LogP contribution in [0.3, 0.4) is 0 Å². The Morgan fingerprint density at radius 2 is 0.788 bits per heavy atom. The SMILES string of the molecule is c1ccc(-c2c(-c3ccccc3)c3cc(-c4ccccc4N(c4ccc(-c5cc6ccccc6c6ccccc56)cc4)c4ccc5sc6ccccc6c5c4)ccc3c3ccccc23)cc1. The van der Waals surface area contributed by atoms with Crippen molar-refractivity contribution < 1.29 is 0 Å². The van der Waals surface area contributed by atoms with Crippen molar-refractivity contribution in [2.45, 2.75) is 0 Å². The van der Waals surface area contributed by atoms with Crippen LogP contribution in [0, 0.1) is 0 Å². The first-order valence-electron chi connectivity index (χ1n) is 22.7. The Morgan fingerprint density at radius 1 is 0.258 bits per heavy atom. The Labute approximate surface area is 387 Å². The van der Waals surface area contributed by atoms with Gasteiger partial charge < -0.3 is 4.90 Å². The lowest BCUT2D eigenvalue weighted by atomic mass is 9.84. The van der Waals surface area contributed by atoms with Gasteiger partial charge in [0.2, 0.25) is 0 Å². The quantitative estimate of drug-likeness (QED) is 0.144. The first-order chi connectivity index (χ1) is 32.7. The summed E-state index contributed by atoms with van der Waals surface area (Å²) in [6.07, 6.45) is 0. The maximum Gasteiger partial charge on any atom is 0.0540 e. The number of hydrogen-bond acceptors (Lipinski definition) is 2. The van der Waals surface area contributed by atoms with Crippen molar-refractivity contribution in [1.29, 1.82) is 0 Å². The fourth-order valence-electron chi connectivity index (χ4n) is 10.4. The van der Waals surface area contributed by atoms with Gasteiger partial charge in [-0.15, -0.1) is 11.3 Å². The lowest BCUT2D eigenvalue weighted by molar-refractivity contribution is 1.29. The molecule has 1 aromatic heterocycles. The highest BCUT2D eigenvalue weighted by Gasteiger charge is 2.22. The third-order valence-corrected chi connectivity index (χ3v) is 14.6. The van der Waals surface area contributed by atoms with Gasteiger partial charge in [-0.25, -0.2) is 0 Å². The number of para-hydroxylation sites is 1. The fraction of sp³-hybridized carbons (Fsp3) is 0. The zero-order chi connectivity index (χ0) is 43.6. The van der Waals surface area contributed by atoms with Crippen LogP contribution in [0.25, 0.3) is 108 Å². The summed E-state index contributed by atoms with van der Waals surface area (Å²) in [5.41, 5.74) is 13.0. The Hall–Kier alpha value is -8.30. The second-order valence-electron chi connectivity index (χ2n) is 17.2. The van der Waals surface area contributed by atoms with Crippen molar-refractivity contribution in [1.82, 2.24) is 0 Å². The Balaban J connectivity index is 1.04. The number of thiophene rings is 1. The molecule has 0 amide bonds. The van der Waals surface area contributed by atoms with Crippen LogP contribution in [0.1, 0.15) is 0 Å². The normalized spacial score (nSPS) is 11.6. The smallest absolute Gasteiger partial charge is 0.0540 e. The third-order valence-electron chi connectivity index (χ3n) is 13.4. The minimum absolute atomic E-state index is 1.10. The first kappa shape index (κ1) is 38.2. The summed E-state index contributed by atoms with van der Waals surface area (Å²) in [5.74, 6) is 0. The average Bonchev–Trinajstić information content (AvgIpc) is 3.77. The van der Waals surface area contributed by atoms with Crippen LogP contribution in [-0.2, 0) is 0 Å². The molecule has 0 saturated heterocycles. The van der Waals surface area contributed by atoms with E-state index in [1.54, 1.807) is 0 Å². The number of anilines is 3. The minimum Gasteiger partial charge on any atom is -0.310 e. The van der Waals surface area contributed by atoms with Gasteiger partial charge in [-0.1, -0.05) is 194 Å². The molecule has 2 heteroatoms. The molecule has 0 aliphatic carbocycles. The second-order valence-corrected chi connectivity index (χ2v) is 18.2. The molecular formula is C64H41NS. The van der Waals surface area contributed by atoms with Gasteiger partial charge in [-0.3, -0.25) is 0 Å². The van der Waals surface area contributed by atoms with Gasteiger partial charge >= 0.3 is 0 Å². The van der Waals surface area contributed by atoms with Crippen molar-refractivity contribution >= 4 is 91.7 Å². The van der Waals surface area contributed by atoms with E-state index >= 15 is 0 Å². The monoisotopic (exact) mass is 855 g/mol. The van der Waals surface area contributed by atoms with Gasteiger partial charge in [0.15, 0.2) is 0 Å². The molecule has 12 aromatic carbocycles. The molecule has 0 saturated carbocycles. The zero-order valence-corrected chi connectivity index (χ0v) is 36.8. The number of hydrogen-bond donors (Lipinski definition) is 0. The Kier molecular flexibility index (Phi) is 9.11. The molecule has 308 valence electrons. The van der Waals surface area contributed by atoms with E-state index in [0.29, 0.717) is 0 Å². The molecule has 0 fully saturated rings. The molecule has 13 aromatic rings. The van der Waals surface area contributed by atoms with E-state index in [4.69, 9.17) is 0 Å². The number of nitrogens with zero attached hydrogens (tertiary/aromatic N) is 1. The van der Waals surface area contributed by atoms with Crippen molar-refractivity contribution in [3.05, 3.63) is 249 Å². The summed E-state index contributed by atoms with van der Waals surface area (Å²) in [5, 5.41) is 12.6. The lowest BCUT2D eigenvalue weighted by Gasteiger charge is -2.28. The third kappa shape index (κ3) is 6.30. The molecule has 0 aliphatic heterocycles. The molecule has 1 nitrogen and oxygen atoms in total. The van der Waals surface area contributed by atoms with Crippen molar-refractivity contribution in [3.8, 4) is 44.5 Å². The summed E-state index contributed by atoms with van der Waals surface area (Å²) in [7, 11) is 0. The van der Waals surface area contributed by atoms with Gasteiger partial charge in [0.25, 0.3) is 0 Å². The molecular weight excluding hydrogens is 815 g/mol. The molecule has 0 aliphatic rings. The van der Waals surface area contributed by atoms with Crippen molar-refractivity contribution in [2.24, 2.45) is 0 Å². The Bertz CT molecular complexity index is 3980. The predicted octanol–water partition coefficient (Wildman–Crippen LogP) is 18.8. The number of fused-ring (bicyclic) bond motifs is 9. The number of benzene rings is 12. The average molecular weight is 856 g/mol. The number of rotatable bonds is 7. The van der Waals surface area contributed by atoms with Crippen molar-refractivity contribution in [2.75, 3.05) is 4.90 Å². The molecule has 66 heavy (non-hydrogen) atoms. The molecule has 0 spiro atoms. The Morgan fingerprint density at radius 3 is 1.55 bits per heavy atom. The van der Waals surface area contributed by atoms with E-state index in [1.807, 2.05) is 11.3 Å². The molecule has 1 heterocycles. The molecule has 0 bridgehead atoms. The van der Waals surface area contributed by atoms with E-state index in [1.165, 1.54) is 96.6 Å². The van der Waals surface area contributed by atoms with Crippen LogP contribution >= 0.6 is 11.3 Å². The van der Waals surface area contributed by atoms with Crippen LogP contribution in [-0.4, -0.2) is 0 Å². The topological polar surface area (TPSA) is 3.24 Å². The van der Waals surface area contributed by atoms with Gasteiger partial charge in [-0.05, 0) is 137 Å². The van der Waals surface area contributed by atoms with Gasteiger partial charge in [0.1, 0.15) is 0 Å². The zero-order valence-electron chi connectivity index (χ0n) is 36.0. The van der Waals surface area contributed by atoms with E-state index in [9.17, 15) is 0 Å². The first-order valence-corrected chi connectivity index (χ1v) is 23.5. The molecule has 0 N–H and O–H groups in total. The highest BCUT2D eigenvalue weighted by molar-refractivity contribution is 7.25. The predicted molar refractivity (Wildman–Crippen MR) is 286 cm³/mol. The van der Waals surface area contributed by atoms with Crippen LogP contribution in [0.5, 0.6) is 0 Å². The second kappa shape index (κ2) is 15.7. The molecule has 0 radical (unpaired) electrons. The van der Waals surface area contributed by atoms with Crippen LogP contribution in [0.2, 0.25) is 0 Å². The summed E-state index contributed by atoms with van der Waals surface area (Å²) in [6.45, 7) is 0. The summed E-state index contributed by atoms with van der Waals surface area (Å²) < 4.78 is 2.59. The minimum atomic E-state index is 1.10. The molecule has 13 rings (SSSR count). The van der Waals surface area contributed by atoms with Crippen LogP contribution in [0.15, 0.2) is 249 Å². The van der Waals surface area contributed by atoms with Crippen molar-refractivity contribution in [3.63, 3.8) is 0 Å². The summed E-state index contributed by atoms with van der Waals surface area (Å²) in [6, 6.07) is 91.7. The molecule has 0 unspecified atom stereocenters. The highest BCUT2D eigenvalue weighted by Crippen LogP contribution is 2.48. The lowest BCUT2D eigenvalue weighted by Crippen LogP contribution is -2.11. The van der Waals surface area contributed by atoms with Gasteiger partial charge in [-0.2, -0.15) is 0 Å². The van der Waals surface area contributed by atoms with E-state index < -0.39 is 0 Å². The maximum atomic E-state index is 2.46. The fourth-order valence-corrected chi connectivity index (χ4v) is 11.5. The maximum absolute atomic E-state index is 2.46. The van der Waals surface area contributed by atoms with E-state index in [2.05, 4.69) is 254 Å². The van der Waals surface area contributed by atoms with Crippen LogP contribution < -0.4 is 4.90 Å². The van der Waals surface area contributed by atoms with Gasteiger partial charge in [0.05, 0.1) is 5.69 Å². The van der Waals surface area contributed by atoms with E-state index in [0.717, 1.165) is 28.2 Å². The van der Waals surface area contributed by atoms with Crippen LogP contribution in [0.4, 0.5) is 17.1 Å². The summed E-state index contributed by atoms with van der Waals surface area (Å²) in [4.78, 5) is 2.46. The van der Waals surface area contributed by atoms with E-state index in [-0.39, 0.29) is 0 Å². The van der Waals surface area contributed by atoms with Gasteiger partial charge in [0, 0.05) is 37.1 Å². The standard InChI is InChI=1S/C64H41NS/c1-3-17-43(18-4-1)63-56-28-12-11-25-52(56)54-37-33-46(40-59(54)64(63)44-19-5-2-6-20-44)50-23-13-15-29-60(50)65(48-36-38-62-58(41-48)55-27-14-16-30-61(55)66-62)47-34-31-42(32-35-47)57-39-45-21-7-8-22-49(45)51-24-9-10-26-53(51)57/h1-41H. The molecule has 0 atom stereocenters. The highest BCUT2D eigenvalue weighted by atomic mass is 32.1.